The van der Waals surface area contributed by atoms with Crippen LogP contribution in [0.15, 0.2) is 29.5 Å². The molecule has 16 heavy (non-hydrogen) atoms. The zero-order chi connectivity index (χ0) is 11.1. The van der Waals surface area contributed by atoms with E-state index < -0.39 is 0 Å². The Hall–Kier alpha value is -1.26. The molecule has 0 saturated carbocycles. The summed E-state index contributed by atoms with van der Waals surface area (Å²) in [6.07, 6.45) is 5.47. The molecule has 0 aromatic carbocycles. The SMILES string of the molecule is C(=NCCN1CCOCC1)c1ccncc1. The fourth-order valence-electron chi connectivity index (χ4n) is 1.64. The largest absolute Gasteiger partial charge is 0.379 e. The Morgan fingerprint density at radius 3 is 2.81 bits per heavy atom. The Morgan fingerprint density at radius 1 is 1.31 bits per heavy atom. The molecule has 2 heterocycles. The normalized spacial score (nSPS) is 18.0. The number of hydrogen-bond acceptors (Lipinski definition) is 4. The van der Waals surface area contributed by atoms with Gasteiger partial charge in [0.15, 0.2) is 0 Å². The lowest BCUT2D eigenvalue weighted by Gasteiger charge is -2.25. The van der Waals surface area contributed by atoms with Crippen molar-refractivity contribution in [2.24, 2.45) is 4.99 Å². The van der Waals surface area contributed by atoms with Crippen LogP contribution in [-0.4, -0.2) is 55.5 Å². The molecule has 1 aromatic rings. The van der Waals surface area contributed by atoms with Gasteiger partial charge in [0.2, 0.25) is 0 Å². The number of aliphatic imine (C=N–C) groups is 1. The summed E-state index contributed by atoms with van der Waals surface area (Å²) in [7, 11) is 0. The fourth-order valence-corrected chi connectivity index (χ4v) is 1.64. The van der Waals surface area contributed by atoms with Gasteiger partial charge in [0.1, 0.15) is 0 Å². The van der Waals surface area contributed by atoms with Crippen LogP contribution in [0.4, 0.5) is 0 Å². The van der Waals surface area contributed by atoms with Crippen LogP contribution < -0.4 is 0 Å². The number of aromatic nitrogens is 1. The first-order chi connectivity index (χ1) is 7.95. The summed E-state index contributed by atoms with van der Waals surface area (Å²) in [4.78, 5) is 10.7. The predicted molar refractivity (Wildman–Crippen MR) is 64.0 cm³/mol. The number of pyridine rings is 1. The van der Waals surface area contributed by atoms with Crippen molar-refractivity contribution >= 4 is 6.21 Å². The molecule has 0 unspecified atom stereocenters. The van der Waals surface area contributed by atoms with Crippen LogP contribution in [0.2, 0.25) is 0 Å². The first-order valence-electron chi connectivity index (χ1n) is 5.65. The van der Waals surface area contributed by atoms with Gasteiger partial charge in [-0.3, -0.25) is 14.9 Å². The highest BCUT2D eigenvalue weighted by Gasteiger charge is 2.08. The van der Waals surface area contributed by atoms with Gasteiger partial charge in [0.05, 0.1) is 19.8 Å². The second kappa shape index (κ2) is 6.35. The first-order valence-corrected chi connectivity index (χ1v) is 5.65. The molecule has 0 amide bonds. The summed E-state index contributed by atoms with van der Waals surface area (Å²) in [5.74, 6) is 0. The molecule has 0 bridgehead atoms. The van der Waals surface area contributed by atoms with Crippen LogP contribution in [0.5, 0.6) is 0 Å². The van der Waals surface area contributed by atoms with E-state index in [4.69, 9.17) is 4.74 Å². The van der Waals surface area contributed by atoms with Gasteiger partial charge >= 0.3 is 0 Å². The van der Waals surface area contributed by atoms with Crippen LogP contribution in [-0.2, 0) is 4.74 Å². The lowest BCUT2D eigenvalue weighted by atomic mass is 10.3. The number of hydrogen-bond donors (Lipinski definition) is 0. The average Bonchev–Trinajstić information content (AvgIpc) is 2.37. The zero-order valence-corrected chi connectivity index (χ0v) is 9.38. The van der Waals surface area contributed by atoms with E-state index in [0.717, 1.165) is 45.0 Å². The Bertz CT molecular complexity index is 320. The van der Waals surface area contributed by atoms with Gasteiger partial charge in [0, 0.05) is 38.2 Å². The molecule has 1 saturated heterocycles. The molecule has 0 aliphatic carbocycles. The Balaban J connectivity index is 1.69. The quantitative estimate of drug-likeness (QED) is 0.704. The third-order valence-electron chi connectivity index (χ3n) is 2.60. The lowest BCUT2D eigenvalue weighted by Crippen LogP contribution is -2.37. The molecule has 2 rings (SSSR count). The number of rotatable bonds is 4. The molecular weight excluding hydrogens is 202 g/mol. The monoisotopic (exact) mass is 219 g/mol. The molecule has 4 heteroatoms. The molecule has 86 valence electrons. The van der Waals surface area contributed by atoms with Crippen molar-refractivity contribution in [3.63, 3.8) is 0 Å². The molecular formula is C12H17N3O. The summed E-state index contributed by atoms with van der Waals surface area (Å²) >= 11 is 0. The molecule has 0 radical (unpaired) electrons. The molecule has 1 aromatic heterocycles. The average molecular weight is 219 g/mol. The maximum absolute atomic E-state index is 5.29. The highest BCUT2D eigenvalue weighted by Crippen LogP contribution is 1.96. The molecule has 0 N–H and O–H groups in total. The van der Waals surface area contributed by atoms with Crippen molar-refractivity contribution in [2.75, 3.05) is 39.4 Å². The maximum atomic E-state index is 5.29. The van der Waals surface area contributed by atoms with Crippen LogP contribution in [0, 0.1) is 0 Å². The van der Waals surface area contributed by atoms with Crippen molar-refractivity contribution in [3.8, 4) is 0 Å². The van der Waals surface area contributed by atoms with Crippen molar-refractivity contribution in [1.82, 2.24) is 9.88 Å². The van der Waals surface area contributed by atoms with E-state index in [1.54, 1.807) is 12.4 Å². The van der Waals surface area contributed by atoms with Crippen LogP contribution in [0.25, 0.3) is 0 Å². The van der Waals surface area contributed by atoms with Gasteiger partial charge in [-0.15, -0.1) is 0 Å². The van der Waals surface area contributed by atoms with E-state index in [1.165, 1.54) is 0 Å². The summed E-state index contributed by atoms with van der Waals surface area (Å²) in [6.45, 7) is 5.64. The van der Waals surface area contributed by atoms with Crippen molar-refractivity contribution in [3.05, 3.63) is 30.1 Å². The van der Waals surface area contributed by atoms with Gasteiger partial charge < -0.3 is 4.74 Å². The minimum absolute atomic E-state index is 0.850. The highest BCUT2D eigenvalue weighted by molar-refractivity contribution is 5.79. The first kappa shape index (κ1) is 11.2. The van der Waals surface area contributed by atoms with Gasteiger partial charge in [-0.2, -0.15) is 0 Å². The van der Waals surface area contributed by atoms with Crippen LogP contribution in [0.1, 0.15) is 5.56 Å². The van der Waals surface area contributed by atoms with E-state index in [0.29, 0.717) is 0 Å². The van der Waals surface area contributed by atoms with E-state index in [2.05, 4.69) is 14.9 Å². The van der Waals surface area contributed by atoms with Gasteiger partial charge in [-0.25, -0.2) is 0 Å². The Kier molecular flexibility index (Phi) is 4.46. The molecule has 1 aliphatic rings. The molecule has 1 aliphatic heterocycles. The maximum Gasteiger partial charge on any atom is 0.0594 e. The van der Waals surface area contributed by atoms with Gasteiger partial charge in [-0.05, 0) is 17.7 Å². The minimum Gasteiger partial charge on any atom is -0.379 e. The van der Waals surface area contributed by atoms with E-state index >= 15 is 0 Å². The standard InChI is InChI=1S/C12H17N3O/c1-3-13-4-2-12(1)11-14-5-6-15-7-9-16-10-8-15/h1-4,11H,5-10H2. The lowest BCUT2D eigenvalue weighted by molar-refractivity contribution is 0.0395. The zero-order valence-electron chi connectivity index (χ0n) is 9.38. The summed E-state index contributed by atoms with van der Waals surface area (Å²) < 4.78 is 5.29. The van der Waals surface area contributed by atoms with Crippen molar-refractivity contribution < 1.29 is 4.74 Å². The second-order valence-electron chi connectivity index (χ2n) is 3.77. The predicted octanol–water partition coefficient (Wildman–Crippen LogP) is 0.833. The minimum atomic E-state index is 0.850. The molecule has 0 atom stereocenters. The van der Waals surface area contributed by atoms with Gasteiger partial charge in [0.25, 0.3) is 0 Å². The second-order valence-corrected chi connectivity index (χ2v) is 3.77. The van der Waals surface area contributed by atoms with Crippen LogP contribution >= 0.6 is 0 Å². The Morgan fingerprint density at radius 2 is 2.06 bits per heavy atom. The highest BCUT2D eigenvalue weighted by atomic mass is 16.5. The van der Waals surface area contributed by atoms with E-state index in [1.807, 2.05) is 18.3 Å². The molecule has 1 fully saturated rings. The van der Waals surface area contributed by atoms with E-state index in [-0.39, 0.29) is 0 Å². The van der Waals surface area contributed by atoms with E-state index in [9.17, 15) is 0 Å². The number of morpholine rings is 1. The fraction of sp³-hybridized carbons (Fsp3) is 0.500. The van der Waals surface area contributed by atoms with Crippen molar-refractivity contribution in [2.45, 2.75) is 0 Å². The summed E-state index contributed by atoms with van der Waals surface area (Å²) in [5, 5.41) is 0. The number of ether oxygens (including phenoxy) is 1. The van der Waals surface area contributed by atoms with Crippen LogP contribution in [0.3, 0.4) is 0 Å². The summed E-state index contributed by atoms with van der Waals surface area (Å²) in [5.41, 5.74) is 1.11. The summed E-state index contributed by atoms with van der Waals surface area (Å²) in [6, 6.07) is 3.91. The molecule has 0 spiro atoms. The third-order valence-corrected chi connectivity index (χ3v) is 2.60. The van der Waals surface area contributed by atoms with Gasteiger partial charge in [-0.1, -0.05) is 0 Å². The number of nitrogens with zero attached hydrogens (tertiary/aromatic N) is 3. The molecule has 4 nitrogen and oxygen atoms in total. The Labute approximate surface area is 96.0 Å². The van der Waals surface area contributed by atoms with Crippen molar-refractivity contribution in [1.29, 1.82) is 0 Å². The third kappa shape index (κ3) is 3.72. The topological polar surface area (TPSA) is 37.7 Å². The smallest absolute Gasteiger partial charge is 0.0594 e.